The first-order valence-electron chi connectivity index (χ1n) is 11.2. The highest BCUT2D eigenvalue weighted by Crippen LogP contribution is 2.47. The van der Waals surface area contributed by atoms with E-state index in [0.717, 1.165) is 0 Å². The number of nitrogens with one attached hydrogen (secondary N) is 1. The lowest BCUT2D eigenvalue weighted by Crippen LogP contribution is -2.47. The van der Waals surface area contributed by atoms with Gasteiger partial charge in [-0.25, -0.2) is 15.0 Å². The van der Waals surface area contributed by atoms with Gasteiger partial charge in [0.2, 0.25) is 0 Å². The highest BCUT2D eigenvalue weighted by molar-refractivity contribution is 6.74. The van der Waals surface area contributed by atoms with Crippen LogP contribution in [0.1, 0.15) is 55.7 Å². The first-order valence-corrected chi connectivity index (χ1v) is 14.1. The monoisotopic (exact) mass is 467 g/mol. The number of imidazole rings is 1. The van der Waals surface area contributed by atoms with Gasteiger partial charge in [-0.15, -0.1) is 0 Å². The summed E-state index contributed by atoms with van der Waals surface area (Å²) in [6, 6.07) is 8.90. The zero-order valence-electron chi connectivity index (χ0n) is 19.4. The molecule has 4 atom stereocenters. The number of aliphatic hydroxyl groups excluding tert-OH is 1. The average Bonchev–Trinajstić information content (AvgIpc) is 3.32. The van der Waals surface area contributed by atoms with Crippen molar-refractivity contribution in [1.29, 1.82) is 0 Å². The van der Waals surface area contributed by atoms with E-state index in [1.165, 1.54) is 6.33 Å². The van der Waals surface area contributed by atoms with Crippen LogP contribution in [0.2, 0.25) is 18.1 Å². The van der Waals surface area contributed by atoms with Crippen molar-refractivity contribution in [3.8, 4) is 0 Å². The molecule has 3 aromatic rings. The fourth-order valence-electron chi connectivity index (χ4n) is 4.20. The fraction of sp³-hybridized carbons (Fsp3) is 0.478. The Balaban J connectivity index is 1.46. The van der Waals surface area contributed by atoms with Gasteiger partial charge in [0.25, 0.3) is 5.91 Å². The highest BCUT2D eigenvalue weighted by atomic mass is 28.4. The van der Waals surface area contributed by atoms with Crippen LogP contribution in [-0.4, -0.2) is 51.1 Å². The lowest BCUT2D eigenvalue weighted by atomic mass is 10.1. The predicted molar refractivity (Wildman–Crippen MR) is 125 cm³/mol. The van der Waals surface area contributed by atoms with Crippen molar-refractivity contribution in [2.24, 2.45) is 0 Å². The molecule has 0 aliphatic carbocycles. The molecule has 2 N–H and O–H groups in total. The number of carbonyl (C=O) groups excluding carboxylic acids is 1. The lowest BCUT2D eigenvalue weighted by molar-refractivity contribution is -0.108. The van der Waals surface area contributed by atoms with Gasteiger partial charge in [0, 0.05) is 12.0 Å². The minimum absolute atomic E-state index is 0.0496. The van der Waals surface area contributed by atoms with Gasteiger partial charge in [0.1, 0.15) is 30.6 Å². The summed E-state index contributed by atoms with van der Waals surface area (Å²) in [4.78, 5) is 25.9. The molecule has 0 saturated carbocycles. The second-order valence-electron chi connectivity index (χ2n) is 10.2. The molecule has 2 aliphatic heterocycles. The lowest BCUT2D eigenvalue weighted by Gasteiger charge is -2.39. The number of carbonyl (C=O) groups is 1. The Labute approximate surface area is 193 Å². The zero-order valence-corrected chi connectivity index (χ0v) is 20.4. The van der Waals surface area contributed by atoms with Crippen LogP contribution in [-0.2, 0) is 9.16 Å². The quantitative estimate of drug-likeness (QED) is 0.561. The summed E-state index contributed by atoms with van der Waals surface area (Å²) >= 11 is 0. The van der Waals surface area contributed by atoms with E-state index in [9.17, 15) is 9.90 Å². The third-order valence-corrected chi connectivity index (χ3v) is 11.5. The van der Waals surface area contributed by atoms with Crippen molar-refractivity contribution >= 4 is 31.2 Å². The summed E-state index contributed by atoms with van der Waals surface area (Å²) in [6.07, 6.45) is -0.0474. The number of hydrogen-bond donors (Lipinski definition) is 2. The average molecular weight is 468 g/mol. The number of ether oxygens (including phenoxy) is 1. The van der Waals surface area contributed by atoms with Crippen LogP contribution in [0, 0.1) is 0 Å². The van der Waals surface area contributed by atoms with E-state index in [4.69, 9.17) is 9.16 Å². The van der Waals surface area contributed by atoms with E-state index in [0.29, 0.717) is 34.8 Å². The molecule has 1 aromatic carbocycles. The molecule has 0 unspecified atom stereocenters. The third-order valence-electron chi connectivity index (χ3n) is 7.00. The minimum atomic E-state index is -2.05. The predicted octanol–water partition coefficient (Wildman–Crippen LogP) is 3.80. The van der Waals surface area contributed by atoms with Crippen molar-refractivity contribution in [3.05, 3.63) is 48.0 Å². The summed E-state index contributed by atoms with van der Waals surface area (Å²) in [5.41, 5.74) is 1.45. The van der Waals surface area contributed by atoms with Crippen LogP contribution < -0.4 is 5.32 Å². The highest BCUT2D eigenvalue weighted by Gasteiger charge is 2.52. The minimum Gasteiger partial charge on any atom is -0.411 e. The number of aromatic nitrogens is 4. The second-order valence-corrected chi connectivity index (χ2v) is 15.0. The van der Waals surface area contributed by atoms with Gasteiger partial charge in [-0.1, -0.05) is 39.0 Å². The Morgan fingerprint density at radius 1 is 1.24 bits per heavy atom. The maximum Gasteiger partial charge on any atom is 0.256 e. The number of benzene rings is 1. The Hall–Kier alpha value is -2.66. The van der Waals surface area contributed by atoms with E-state index in [2.05, 4.69) is 54.1 Å². The maximum atomic E-state index is 12.7. The number of anilines is 1. The molecule has 1 amide bonds. The molecule has 4 heterocycles. The van der Waals surface area contributed by atoms with E-state index in [-0.39, 0.29) is 23.3 Å². The van der Waals surface area contributed by atoms with Gasteiger partial charge in [0.05, 0.1) is 6.10 Å². The van der Waals surface area contributed by atoms with Gasteiger partial charge in [-0.05, 0) is 30.3 Å². The normalized spacial score (nSPS) is 24.7. The summed E-state index contributed by atoms with van der Waals surface area (Å²) in [5, 5.41) is 14.0. The third kappa shape index (κ3) is 3.67. The molecule has 10 heteroatoms. The molecule has 2 aliphatic rings. The molecule has 0 spiro atoms. The number of nitrogens with zero attached hydrogens (tertiary/aromatic N) is 4. The molecule has 1 saturated heterocycles. The number of rotatable bonds is 4. The van der Waals surface area contributed by atoms with Crippen LogP contribution in [0.25, 0.3) is 11.2 Å². The summed E-state index contributed by atoms with van der Waals surface area (Å²) < 4.78 is 14.6. The largest absolute Gasteiger partial charge is 0.411 e. The molecule has 33 heavy (non-hydrogen) atoms. The second kappa shape index (κ2) is 7.69. The number of hydrogen-bond acceptors (Lipinski definition) is 7. The van der Waals surface area contributed by atoms with Crippen molar-refractivity contribution in [2.75, 3.05) is 5.32 Å². The van der Waals surface area contributed by atoms with Crippen LogP contribution >= 0.6 is 0 Å². The fourth-order valence-corrected chi connectivity index (χ4v) is 5.54. The maximum absolute atomic E-state index is 12.7. The molecule has 5 rings (SSSR count). The van der Waals surface area contributed by atoms with Gasteiger partial charge < -0.3 is 19.6 Å². The van der Waals surface area contributed by atoms with E-state index in [1.807, 2.05) is 10.6 Å². The molecule has 1 fully saturated rings. The standard InChI is InChI=1S/C23H29N5O4Si/c1-23(2,3)33(4,5)32-14-11-15-28-20-16(26-21(28)17(29)18(14)31-15)19(24-12-25-20)27-22(30)13-9-7-6-8-10-13/h6-10,12,14-15,17-18,29H,11H2,1-5H3,(H,24,25,27,30)/t14-,15+,17+,18+/m0/s1. The molecular weight excluding hydrogens is 438 g/mol. The van der Waals surface area contributed by atoms with E-state index >= 15 is 0 Å². The Morgan fingerprint density at radius 2 is 1.97 bits per heavy atom. The van der Waals surface area contributed by atoms with Gasteiger partial charge in [-0.2, -0.15) is 0 Å². The van der Waals surface area contributed by atoms with Crippen LogP contribution in [0.15, 0.2) is 36.7 Å². The van der Waals surface area contributed by atoms with E-state index < -0.39 is 20.5 Å². The van der Waals surface area contributed by atoms with Gasteiger partial charge in [0.15, 0.2) is 25.3 Å². The van der Waals surface area contributed by atoms with Crippen molar-refractivity contribution in [2.45, 2.75) is 69.9 Å². The topological polar surface area (TPSA) is 111 Å². The van der Waals surface area contributed by atoms with Crippen LogP contribution in [0.4, 0.5) is 5.82 Å². The Bertz CT molecular complexity index is 1210. The number of fused-ring (bicyclic) bond motifs is 6. The molecular formula is C23H29N5O4Si. The molecule has 0 radical (unpaired) electrons. The molecule has 2 bridgehead atoms. The first kappa shape index (κ1) is 22.1. The van der Waals surface area contributed by atoms with E-state index in [1.54, 1.807) is 24.3 Å². The number of aliphatic hydroxyl groups is 1. The summed E-state index contributed by atoms with van der Waals surface area (Å²) in [7, 11) is -2.05. The van der Waals surface area contributed by atoms with Gasteiger partial charge >= 0.3 is 0 Å². The SMILES string of the molecule is CC(C)(C)[Si](C)(C)O[C@H]1C[C@H]2O[C@H]1[C@@H](O)c1nc3c(NC(=O)c4ccccc4)ncnc3n12. The van der Waals surface area contributed by atoms with Gasteiger partial charge in [-0.3, -0.25) is 9.36 Å². The van der Waals surface area contributed by atoms with Crippen molar-refractivity contribution in [1.82, 2.24) is 19.5 Å². The molecule has 9 nitrogen and oxygen atoms in total. The summed E-state index contributed by atoms with van der Waals surface area (Å²) in [6.45, 7) is 11.0. The van der Waals surface area contributed by atoms with Crippen molar-refractivity contribution in [3.63, 3.8) is 0 Å². The Morgan fingerprint density at radius 3 is 2.67 bits per heavy atom. The molecule has 2 aromatic heterocycles. The molecule has 174 valence electrons. The van der Waals surface area contributed by atoms with Crippen LogP contribution in [0.3, 0.4) is 0 Å². The first-order chi connectivity index (χ1) is 15.6. The van der Waals surface area contributed by atoms with Crippen LogP contribution in [0.5, 0.6) is 0 Å². The smallest absolute Gasteiger partial charge is 0.256 e. The summed E-state index contributed by atoms with van der Waals surface area (Å²) in [5.74, 6) is 0.471. The zero-order chi connectivity index (χ0) is 23.5. The Kier molecular flexibility index (Phi) is 5.16. The number of amides is 1. The van der Waals surface area contributed by atoms with Crippen molar-refractivity contribution < 1.29 is 19.1 Å².